The number of anilines is 2. The van der Waals surface area contributed by atoms with Crippen LogP contribution in [-0.4, -0.2) is 84.6 Å². The predicted octanol–water partition coefficient (Wildman–Crippen LogP) is 5.50. The van der Waals surface area contributed by atoms with Gasteiger partial charge in [0.2, 0.25) is 0 Å². The van der Waals surface area contributed by atoms with E-state index in [0.717, 1.165) is 97.4 Å². The largest absolute Gasteiger partial charge is 0.379 e. The number of aromatic amines is 1. The fraction of sp³-hybridized carbons (Fsp3) is 0.333. The lowest BCUT2D eigenvalue weighted by atomic mass is 9.71. The molecule has 47 heavy (non-hydrogen) atoms. The molecule has 4 aromatic rings. The highest BCUT2D eigenvalue weighted by atomic mass is 16.5. The Morgan fingerprint density at radius 3 is 2.38 bits per heavy atom. The third kappa shape index (κ3) is 4.94. The Kier molecular flexibility index (Phi) is 7.59. The van der Waals surface area contributed by atoms with Crippen LogP contribution in [0.3, 0.4) is 0 Å². The van der Waals surface area contributed by atoms with Crippen molar-refractivity contribution >= 4 is 34.8 Å². The Hall–Kier alpha value is -4.50. The molecule has 1 spiro atoms. The number of carbonyl (C=O) groups excluding carboxylic acids is 2. The van der Waals surface area contributed by atoms with E-state index in [1.165, 1.54) is 5.56 Å². The fourth-order valence-electron chi connectivity index (χ4n) is 8.20. The number of hydrogen-bond acceptors (Lipinski definition) is 5. The number of nitrogens with zero attached hydrogens (tertiary/aromatic N) is 3. The Morgan fingerprint density at radius 2 is 1.64 bits per heavy atom. The lowest BCUT2D eigenvalue weighted by Crippen LogP contribution is -2.61. The molecule has 1 aromatic heterocycles. The highest BCUT2D eigenvalue weighted by Crippen LogP contribution is 2.50. The number of carbonyl (C=O) groups is 2. The Bertz CT molecular complexity index is 1850. The van der Waals surface area contributed by atoms with Gasteiger partial charge in [0, 0.05) is 61.3 Å². The minimum absolute atomic E-state index is 0.0439. The highest BCUT2D eigenvalue weighted by molar-refractivity contribution is 6.38. The topological polar surface area (TPSA) is 80.9 Å². The van der Waals surface area contributed by atoms with Crippen LogP contribution in [-0.2, 0) is 9.53 Å². The van der Waals surface area contributed by atoms with E-state index in [9.17, 15) is 9.59 Å². The molecule has 2 saturated heterocycles. The number of fused-ring (bicyclic) bond motifs is 2. The molecule has 240 valence electrons. The minimum Gasteiger partial charge on any atom is -0.379 e. The average molecular weight is 628 g/mol. The maximum Gasteiger partial charge on any atom is 0.263 e. The standard InChI is InChI=1S/C39H41N5O3/c1-26-12-14-29(15-13-26)44-33-11-7-6-10-30(33)31(37(44)45)24-32-27(2)34-36(41-32)35(28-8-4-3-5-9-28)39(16-17-40-25-39)43(38(34)46)19-18-42-20-22-47-23-21-42/h3-15,24,35,40-41H,16-23,25H2,1-2H3/b31-24-. The zero-order chi connectivity index (χ0) is 32.1. The van der Waals surface area contributed by atoms with Crippen LogP contribution in [0.2, 0.25) is 0 Å². The molecule has 2 N–H and O–H groups in total. The van der Waals surface area contributed by atoms with E-state index in [4.69, 9.17) is 4.74 Å². The average Bonchev–Trinajstić information content (AvgIpc) is 3.78. The van der Waals surface area contributed by atoms with Gasteiger partial charge in [0.25, 0.3) is 11.8 Å². The van der Waals surface area contributed by atoms with Gasteiger partial charge in [-0.1, -0.05) is 66.2 Å². The molecule has 0 radical (unpaired) electrons. The van der Waals surface area contributed by atoms with Crippen LogP contribution in [0, 0.1) is 13.8 Å². The third-order valence-corrected chi connectivity index (χ3v) is 10.6. The molecule has 3 aromatic carbocycles. The van der Waals surface area contributed by atoms with E-state index in [1.54, 1.807) is 4.90 Å². The number of hydrogen-bond donors (Lipinski definition) is 2. The van der Waals surface area contributed by atoms with E-state index in [0.29, 0.717) is 12.1 Å². The van der Waals surface area contributed by atoms with Gasteiger partial charge in [0.1, 0.15) is 0 Å². The Morgan fingerprint density at radius 1 is 0.894 bits per heavy atom. The van der Waals surface area contributed by atoms with Crippen molar-refractivity contribution in [3.05, 3.63) is 118 Å². The molecule has 2 atom stereocenters. The molecule has 8 rings (SSSR count). The predicted molar refractivity (Wildman–Crippen MR) is 185 cm³/mol. The van der Waals surface area contributed by atoms with Crippen LogP contribution >= 0.6 is 0 Å². The molecule has 4 aliphatic heterocycles. The monoisotopic (exact) mass is 627 g/mol. The lowest BCUT2D eigenvalue weighted by molar-refractivity contribution is -0.112. The molecule has 4 aliphatic rings. The van der Waals surface area contributed by atoms with Crippen molar-refractivity contribution in [3.63, 3.8) is 0 Å². The second kappa shape index (κ2) is 11.9. The number of benzene rings is 3. The molecule has 2 amide bonds. The minimum atomic E-state index is -0.405. The molecule has 0 saturated carbocycles. The molecule has 0 bridgehead atoms. The number of aromatic nitrogens is 1. The zero-order valence-electron chi connectivity index (χ0n) is 27.1. The second-order valence-electron chi connectivity index (χ2n) is 13.3. The molecular formula is C39H41N5O3. The summed E-state index contributed by atoms with van der Waals surface area (Å²) in [7, 11) is 0. The van der Waals surface area contributed by atoms with Gasteiger partial charge in [0.05, 0.1) is 35.6 Å². The first-order valence-electron chi connectivity index (χ1n) is 16.8. The number of amides is 2. The summed E-state index contributed by atoms with van der Waals surface area (Å²) in [4.78, 5) is 39.1. The fourth-order valence-corrected chi connectivity index (χ4v) is 8.20. The molecule has 8 heteroatoms. The first kappa shape index (κ1) is 29.9. The van der Waals surface area contributed by atoms with Crippen LogP contribution in [0.1, 0.15) is 56.3 Å². The first-order chi connectivity index (χ1) is 23.0. The normalized spacial score (nSPS) is 23.6. The van der Waals surface area contributed by atoms with Crippen molar-refractivity contribution in [2.75, 3.05) is 57.4 Å². The summed E-state index contributed by atoms with van der Waals surface area (Å²) in [6, 6.07) is 26.6. The van der Waals surface area contributed by atoms with Crippen molar-refractivity contribution in [1.82, 2.24) is 20.1 Å². The van der Waals surface area contributed by atoms with Crippen LogP contribution in [0.4, 0.5) is 11.4 Å². The van der Waals surface area contributed by atoms with E-state index in [2.05, 4.69) is 44.4 Å². The van der Waals surface area contributed by atoms with Gasteiger partial charge in [-0.2, -0.15) is 0 Å². The number of para-hydroxylation sites is 1. The van der Waals surface area contributed by atoms with Crippen LogP contribution < -0.4 is 10.2 Å². The molecule has 5 heterocycles. The molecule has 2 fully saturated rings. The summed E-state index contributed by atoms with van der Waals surface area (Å²) in [6.45, 7) is 10.4. The third-order valence-electron chi connectivity index (χ3n) is 10.6. The Balaban J connectivity index is 1.25. The maximum absolute atomic E-state index is 14.8. The summed E-state index contributed by atoms with van der Waals surface area (Å²) in [5.41, 5.74) is 8.52. The highest BCUT2D eigenvalue weighted by Gasteiger charge is 2.55. The quantitative estimate of drug-likeness (QED) is 0.276. The summed E-state index contributed by atoms with van der Waals surface area (Å²) in [5.74, 6) is -0.0453. The van der Waals surface area contributed by atoms with Gasteiger partial charge < -0.3 is 19.9 Å². The van der Waals surface area contributed by atoms with Crippen molar-refractivity contribution in [3.8, 4) is 0 Å². The molecule has 8 nitrogen and oxygen atoms in total. The van der Waals surface area contributed by atoms with Gasteiger partial charge in [-0.15, -0.1) is 0 Å². The number of morpholine rings is 1. The number of aryl methyl sites for hydroxylation is 1. The summed E-state index contributed by atoms with van der Waals surface area (Å²) < 4.78 is 5.60. The smallest absolute Gasteiger partial charge is 0.263 e. The van der Waals surface area contributed by atoms with Crippen LogP contribution in [0.5, 0.6) is 0 Å². The van der Waals surface area contributed by atoms with Gasteiger partial charge in [-0.3, -0.25) is 19.4 Å². The summed E-state index contributed by atoms with van der Waals surface area (Å²) in [6.07, 6.45) is 2.84. The summed E-state index contributed by atoms with van der Waals surface area (Å²) >= 11 is 0. The van der Waals surface area contributed by atoms with Gasteiger partial charge in [-0.25, -0.2) is 0 Å². The van der Waals surface area contributed by atoms with Crippen LogP contribution in [0.25, 0.3) is 11.6 Å². The van der Waals surface area contributed by atoms with Crippen molar-refractivity contribution in [1.29, 1.82) is 0 Å². The Labute approximate surface area is 276 Å². The summed E-state index contributed by atoms with van der Waals surface area (Å²) in [5, 5.41) is 3.62. The van der Waals surface area contributed by atoms with Crippen molar-refractivity contribution < 1.29 is 14.3 Å². The zero-order valence-corrected chi connectivity index (χ0v) is 27.1. The number of nitrogens with one attached hydrogen (secondary N) is 2. The van der Waals surface area contributed by atoms with Gasteiger partial charge in [0.15, 0.2) is 0 Å². The van der Waals surface area contributed by atoms with E-state index < -0.39 is 5.54 Å². The first-order valence-corrected chi connectivity index (χ1v) is 16.8. The van der Waals surface area contributed by atoms with E-state index in [-0.39, 0.29) is 17.7 Å². The van der Waals surface area contributed by atoms with E-state index >= 15 is 0 Å². The molecule has 2 unspecified atom stereocenters. The molecular weight excluding hydrogens is 586 g/mol. The van der Waals surface area contributed by atoms with Gasteiger partial charge in [-0.05, 0) is 62.2 Å². The van der Waals surface area contributed by atoms with Crippen LogP contribution in [0.15, 0.2) is 78.9 Å². The van der Waals surface area contributed by atoms with E-state index in [1.807, 2.05) is 74.5 Å². The number of H-pyrrole nitrogens is 1. The van der Waals surface area contributed by atoms with Crippen molar-refractivity contribution in [2.24, 2.45) is 0 Å². The molecule has 0 aliphatic carbocycles. The van der Waals surface area contributed by atoms with Crippen molar-refractivity contribution in [2.45, 2.75) is 31.7 Å². The number of ether oxygens (including phenoxy) is 1. The maximum atomic E-state index is 14.8. The second-order valence-corrected chi connectivity index (χ2v) is 13.3. The lowest BCUT2D eigenvalue weighted by Gasteiger charge is -2.50. The SMILES string of the molecule is Cc1ccc(N2C(=O)/C(=C\c3[nH]c4c(c3C)C(=O)N(CCN3CCOCC3)C3(CCNC3)C4c3ccccc3)c3ccccc32)cc1. The number of rotatable bonds is 6. The van der Waals surface area contributed by atoms with Gasteiger partial charge >= 0.3 is 0 Å².